The monoisotopic (exact) mass is 458 g/mol. The van der Waals surface area contributed by atoms with Crippen LogP contribution in [0, 0.1) is 17.8 Å². The minimum Gasteiger partial charge on any atom is -0.481 e. The molecule has 3 atom stereocenters. The summed E-state index contributed by atoms with van der Waals surface area (Å²) >= 11 is 5.97. The molecule has 1 fully saturated rings. The first-order valence-electron chi connectivity index (χ1n) is 11.0. The van der Waals surface area contributed by atoms with Gasteiger partial charge < -0.3 is 9.67 Å². The number of Topliss-reactive ketones (excluding diaryl/α,β-unsaturated/α-hetero) is 1. The fraction of sp³-hybridized carbons (Fsp3) is 0.222. The average molecular weight is 459 g/mol. The highest BCUT2D eigenvalue weighted by molar-refractivity contribution is 6.30. The second-order valence-electron chi connectivity index (χ2n) is 8.64. The first-order valence-corrected chi connectivity index (χ1v) is 11.4. The van der Waals surface area contributed by atoms with E-state index in [9.17, 15) is 14.7 Å². The molecule has 1 N–H and O–H groups in total. The highest BCUT2D eigenvalue weighted by Crippen LogP contribution is 2.40. The zero-order chi connectivity index (χ0) is 22.9. The fourth-order valence-corrected chi connectivity index (χ4v) is 5.17. The first kappa shape index (κ1) is 21.4. The van der Waals surface area contributed by atoms with E-state index >= 15 is 0 Å². The predicted molar refractivity (Wildman–Crippen MR) is 128 cm³/mol. The molecule has 5 nitrogen and oxygen atoms in total. The summed E-state index contributed by atoms with van der Waals surface area (Å²) in [5, 5.41) is 10.7. The molecule has 0 bridgehead atoms. The van der Waals surface area contributed by atoms with Crippen molar-refractivity contribution in [2.24, 2.45) is 17.8 Å². The lowest BCUT2D eigenvalue weighted by atomic mass is 9.84. The topological polar surface area (TPSA) is 72.2 Å². The van der Waals surface area contributed by atoms with Gasteiger partial charge in [0.1, 0.15) is 0 Å². The molecule has 0 radical (unpaired) electrons. The summed E-state index contributed by atoms with van der Waals surface area (Å²) in [6.45, 7) is 0.538. The predicted octanol–water partition coefficient (Wildman–Crippen LogP) is 5.97. The molecule has 1 saturated carbocycles. The average Bonchev–Trinajstić information content (AvgIpc) is 3.44. The van der Waals surface area contributed by atoms with Gasteiger partial charge in [0.05, 0.1) is 23.3 Å². The van der Waals surface area contributed by atoms with Gasteiger partial charge in [0.25, 0.3) is 0 Å². The van der Waals surface area contributed by atoms with E-state index in [0.717, 1.165) is 22.2 Å². The van der Waals surface area contributed by atoms with Crippen LogP contribution in [0.15, 0.2) is 79.1 Å². The van der Waals surface area contributed by atoms with Crippen molar-refractivity contribution in [3.8, 4) is 11.1 Å². The Balaban J connectivity index is 1.35. The second-order valence-corrected chi connectivity index (χ2v) is 9.08. The molecule has 1 aliphatic carbocycles. The van der Waals surface area contributed by atoms with Gasteiger partial charge in [-0.05, 0) is 54.2 Å². The molecular formula is C27H23ClN2O3. The quantitative estimate of drug-likeness (QED) is 0.361. The number of hydrogen-bond acceptors (Lipinski definition) is 3. The number of carboxylic acid groups (broad SMARTS) is 1. The third-order valence-electron chi connectivity index (χ3n) is 6.72. The SMILES string of the molecule is O=C(c1ccc(-c2ccc(Cl)cc2)cc1)C1CCC(Cn2cnc3ccccc32)C1C(=O)O. The van der Waals surface area contributed by atoms with Crippen LogP contribution in [-0.4, -0.2) is 26.4 Å². The minimum absolute atomic E-state index is 0.0944. The van der Waals surface area contributed by atoms with Crippen LogP contribution in [0.3, 0.4) is 0 Å². The van der Waals surface area contributed by atoms with Gasteiger partial charge in [-0.2, -0.15) is 0 Å². The van der Waals surface area contributed by atoms with Gasteiger partial charge in [0, 0.05) is 23.0 Å². The van der Waals surface area contributed by atoms with E-state index in [0.29, 0.717) is 30.0 Å². The molecule has 1 heterocycles. The van der Waals surface area contributed by atoms with E-state index < -0.39 is 17.8 Å². The maximum Gasteiger partial charge on any atom is 0.307 e. The number of hydrogen-bond donors (Lipinski definition) is 1. The summed E-state index contributed by atoms with van der Waals surface area (Å²) in [4.78, 5) is 30.0. The zero-order valence-corrected chi connectivity index (χ0v) is 18.7. The van der Waals surface area contributed by atoms with Crippen LogP contribution in [0.1, 0.15) is 23.2 Å². The van der Waals surface area contributed by atoms with Gasteiger partial charge in [0.15, 0.2) is 5.78 Å². The third-order valence-corrected chi connectivity index (χ3v) is 6.97. The summed E-state index contributed by atoms with van der Waals surface area (Å²) in [6.07, 6.45) is 3.03. The fourth-order valence-electron chi connectivity index (χ4n) is 5.05. The van der Waals surface area contributed by atoms with Crippen LogP contribution < -0.4 is 0 Å². The Labute approximate surface area is 196 Å². The van der Waals surface area contributed by atoms with E-state index in [-0.39, 0.29) is 11.7 Å². The molecule has 0 aliphatic heterocycles. The lowest BCUT2D eigenvalue weighted by molar-refractivity contribution is -0.144. The molecule has 0 spiro atoms. The number of rotatable bonds is 6. The van der Waals surface area contributed by atoms with E-state index in [1.54, 1.807) is 18.5 Å². The molecule has 3 unspecified atom stereocenters. The molecule has 1 aliphatic rings. The molecule has 4 aromatic rings. The van der Waals surface area contributed by atoms with Gasteiger partial charge in [-0.3, -0.25) is 9.59 Å². The molecule has 33 heavy (non-hydrogen) atoms. The number of nitrogens with zero attached hydrogens (tertiary/aromatic N) is 2. The number of carbonyl (C=O) groups excluding carboxylic acids is 1. The van der Waals surface area contributed by atoms with Gasteiger partial charge in [-0.15, -0.1) is 0 Å². The van der Waals surface area contributed by atoms with Crippen molar-refractivity contribution in [2.75, 3.05) is 0 Å². The number of halogens is 1. The van der Waals surface area contributed by atoms with Crippen LogP contribution >= 0.6 is 11.6 Å². The normalized spacial score (nSPS) is 20.2. The van der Waals surface area contributed by atoms with Gasteiger partial charge >= 0.3 is 5.97 Å². The van der Waals surface area contributed by atoms with Crippen LogP contribution in [0.2, 0.25) is 5.02 Å². The number of carbonyl (C=O) groups is 2. The summed E-state index contributed by atoms with van der Waals surface area (Å²) < 4.78 is 2.00. The van der Waals surface area contributed by atoms with Crippen molar-refractivity contribution < 1.29 is 14.7 Å². The Morgan fingerprint density at radius 1 is 0.939 bits per heavy atom. The number of benzene rings is 3. The van der Waals surface area contributed by atoms with Crippen LogP contribution in [0.5, 0.6) is 0 Å². The van der Waals surface area contributed by atoms with Crippen LogP contribution in [0.4, 0.5) is 0 Å². The summed E-state index contributed by atoms with van der Waals surface area (Å²) in [5.41, 5.74) is 4.41. The Morgan fingerprint density at radius 2 is 1.61 bits per heavy atom. The minimum atomic E-state index is -0.905. The summed E-state index contributed by atoms with van der Waals surface area (Å²) in [6, 6.07) is 22.7. The van der Waals surface area contributed by atoms with E-state index in [1.807, 2.05) is 65.2 Å². The highest BCUT2D eigenvalue weighted by atomic mass is 35.5. The number of imidazole rings is 1. The number of aliphatic carboxylic acids is 1. The molecule has 0 saturated heterocycles. The smallest absolute Gasteiger partial charge is 0.307 e. The maximum absolute atomic E-state index is 13.3. The van der Waals surface area contributed by atoms with E-state index in [1.165, 1.54) is 0 Å². The van der Waals surface area contributed by atoms with Crippen LogP contribution in [-0.2, 0) is 11.3 Å². The van der Waals surface area contributed by atoms with Crippen molar-refractivity contribution in [1.82, 2.24) is 9.55 Å². The highest BCUT2D eigenvalue weighted by Gasteiger charge is 2.44. The number of carboxylic acids is 1. The zero-order valence-electron chi connectivity index (χ0n) is 17.9. The number of para-hydroxylation sites is 2. The molecule has 1 aromatic heterocycles. The second kappa shape index (κ2) is 8.83. The standard InChI is InChI=1S/C27H23ClN2O3/c28-21-12-9-18(10-13-21)17-5-7-19(8-6-17)26(31)22-14-11-20(25(22)27(32)33)15-30-16-29-23-3-1-2-4-24(23)30/h1-10,12-13,16,20,22,25H,11,14-15H2,(H,32,33). The van der Waals surface area contributed by atoms with E-state index in [2.05, 4.69) is 4.98 Å². The molecule has 6 heteroatoms. The van der Waals surface area contributed by atoms with Crippen molar-refractivity contribution in [1.29, 1.82) is 0 Å². The van der Waals surface area contributed by atoms with Gasteiger partial charge in [-0.1, -0.05) is 60.1 Å². The first-order chi connectivity index (χ1) is 16.0. The van der Waals surface area contributed by atoms with Crippen molar-refractivity contribution >= 4 is 34.4 Å². The van der Waals surface area contributed by atoms with E-state index in [4.69, 9.17) is 11.6 Å². The van der Waals surface area contributed by atoms with Crippen molar-refractivity contribution in [3.63, 3.8) is 0 Å². The Hall–Kier alpha value is -3.44. The Kier molecular flexibility index (Phi) is 5.73. The lowest BCUT2D eigenvalue weighted by Gasteiger charge is -2.21. The Morgan fingerprint density at radius 3 is 2.30 bits per heavy atom. The van der Waals surface area contributed by atoms with Crippen molar-refractivity contribution in [3.05, 3.63) is 89.7 Å². The van der Waals surface area contributed by atoms with Crippen molar-refractivity contribution in [2.45, 2.75) is 19.4 Å². The van der Waals surface area contributed by atoms with Gasteiger partial charge in [-0.25, -0.2) is 4.98 Å². The number of fused-ring (bicyclic) bond motifs is 1. The molecule has 3 aromatic carbocycles. The van der Waals surface area contributed by atoms with Gasteiger partial charge in [0.2, 0.25) is 0 Å². The lowest BCUT2D eigenvalue weighted by Crippen LogP contribution is -2.31. The molecule has 0 amide bonds. The molecule has 166 valence electrons. The summed E-state index contributed by atoms with van der Waals surface area (Å²) in [5.74, 6) is -2.36. The molecular weight excluding hydrogens is 436 g/mol. The summed E-state index contributed by atoms with van der Waals surface area (Å²) in [7, 11) is 0. The molecule has 5 rings (SSSR count). The third kappa shape index (κ3) is 4.16. The maximum atomic E-state index is 13.3. The number of aromatic nitrogens is 2. The number of ketones is 1. The Bertz CT molecular complexity index is 1310. The largest absolute Gasteiger partial charge is 0.481 e. The van der Waals surface area contributed by atoms with Crippen LogP contribution in [0.25, 0.3) is 22.2 Å².